The van der Waals surface area contributed by atoms with Crippen molar-refractivity contribution in [2.24, 2.45) is 11.8 Å². The molecule has 0 radical (unpaired) electrons. The van der Waals surface area contributed by atoms with Crippen molar-refractivity contribution in [3.8, 4) is 0 Å². The highest BCUT2D eigenvalue weighted by atomic mass is 16.2. The Kier molecular flexibility index (Phi) is 6.67. The van der Waals surface area contributed by atoms with E-state index in [-0.39, 0.29) is 11.8 Å². The minimum absolute atomic E-state index is 0.113. The van der Waals surface area contributed by atoms with Gasteiger partial charge in [0.2, 0.25) is 11.8 Å². The monoisotopic (exact) mass is 357 g/mol. The van der Waals surface area contributed by atoms with Crippen molar-refractivity contribution in [3.63, 3.8) is 0 Å². The van der Waals surface area contributed by atoms with E-state index in [4.69, 9.17) is 0 Å². The van der Waals surface area contributed by atoms with Crippen LogP contribution in [0.3, 0.4) is 0 Å². The fourth-order valence-electron chi connectivity index (χ4n) is 4.10. The number of anilines is 1. The van der Waals surface area contributed by atoms with Crippen LogP contribution in [0.2, 0.25) is 0 Å². The lowest BCUT2D eigenvalue weighted by Crippen LogP contribution is -2.36. The molecule has 1 aromatic rings. The van der Waals surface area contributed by atoms with E-state index < -0.39 is 0 Å². The van der Waals surface area contributed by atoms with Gasteiger partial charge < -0.3 is 15.5 Å². The van der Waals surface area contributed by atoms with Crippen molar-refractivity contribution in [1.82, 2.24) is 10.6 Å². The minimum Gasteiger partial charge on any atom is -0.356 e. The van der Waals surface area contributed by atoms with Gasteiger partial charge in [-0.3, -0.25) is 9.59 Å². The van der Waals surface area contributed by atoms with Gasteiger partial charge in [-0.05, 0) is 62.2 Å². The fraction of sp³-hybridized carbons (Fsp3) is 0.619. The predicted octanol–water partition coefficient (Wildman–Crippen LogP) is 2.50. The summed E-state index contributed by atoms with van der Waals surface area (Å²) in [5.74, 6) is 1.28. The summed E-state index contributed by atoms with van der Waals surface area (Å²) >= 11 is 0. The van der Waals surface area contributed by atoms with Crippen LogP contribution in [0.5, 0.6) is 0 Å². The Morgan fingerprint density at radius 2 is 2.19 bits per heavy atom. The lowest BCUT2D eigenvalue weighted by Gasteiger charge is -2.28. The number of benzene rings is 1. The Balaban J connectivity index is 1.34. The molecule has 2 amide bonds. The highest BCUT2D eigenvalue weighted by Gasteiger charge is 2.24. The molecule has 2 N–H and O–H groups in total. The first-order valence-corrected chi connectivity index (χ1v) is 10.0. The quantitative estimate of drug-likeness (QED) is 0.737. The fourth-order valence-corrected chi connectivity index (χ4v) is 4.10. The van der Waals surface area contributed by atoms with Crippen molar-refractivity contribution in [3.05, 3.63) is 29.8 Å². The summed E-state index contributed by atoms with van der Waals surface area (Å²) in [5.41, 5.74) is 2.30. The van der Waals surface area contributed by atoms with Crippen LogP contribution in [-0.2, 0) is 16.0 Å². The SMILES string of the molecule is CC(CC(=O)NCCCC(=O)N1CCc2ccccc21)C1CCCNC1. The molecule has 2 aliphatic rings. The number of piperidine rings is 1. The number of fused-ring (bicyclic) bond motifs is 1. The zero-order chi connectivity index (χ0) is 18.4. The van der Waals surface area contributed by atoms with Crippen LogP contribution in [-0.4, -0.2) is 38.0 Å². The van der Waals surface area contributed by atoms with E-state index in [2.05, 4.69) is 23.6 Å². The third kappa shape index (κ3) is 4.85. The van der Waals surface area contributed by atoms with Crippen LogP contribution < -0.4 is 15.5 Å². The number of para-hydroxylation sites is 1. The second kappa shape index (κ2) is 9.17. The molecule has 2 atom stereocenters. The standard InChI is InChI=1S/C21H31N3O2/c1-16(18-7-4-11-22-15-18)14-20(25)23-12-5-9-21(26)24-13-10-17-6-2-3-8-19(17)24/h2-3,6,8,16,18,22H,4-5,7,9-15H2,1H3,(H,23,25). The van der Waals surface area contributed by atoms with Gasteiger partial charge in [0.05, 0.1) is 0 Å². The summed E-state index contributed by atoms with van der Waals surface area (Å²) in [7, 11) is 0. The minimum atomic E-state index is 0.113. The van der Waals surface area contributed by atoms with Crippen LogP contribution in [0.1, 0.15) is 44.6 Å². The summed E-state index contributed by atoms with van der Waals surface area (Å²) in [5, 5.41) is 6.40. The van der Waals surface area contributed by atoms with Gasteiger partial charge in [0.15, 0.2) is 0 Å². The molecule has 5 nitrogen and oxygen atoms in total. The molecule has 0 saturated carbocycles. The Morgan fingerprint density at radius 3 is 3.00 bits per heavy atom. The van der Waals surface area contributed by atoms with E-state index in [1.807, 2.05) is 23.1 Å². The molecular formula is C21H31N3O2. The first kappa shape index (κ1) is 18.9. The molecule has 5 heteroatoms. The number of hydrogen-bond acceptors (Lipinski definition) is 3. The molecule has 0 aromatic heterocycles. The number of carbonyl (C=O) groups excluding carboxylic acids is 2. The summed E-state index contributed by atoms with van der Waals surface area (Å²) in [6.45, 7) is 5.66. The normalized spacial score (nSPS) is 20.5. The van der Waals surface area contributed by atoms with Crippen LogP contribution >= 0.6 is 0 Å². The molecule has 1 fully saturated rings. The van der Waals surface area contributed by atoms with Crippen LogP contribution in [0, 0.1) is 11.8 Å². The maximum atomic E-state index is 12.4. The number of amides is 2. The van der Waals surface area contributed by atoms with Crippen molar-refractivity contribution in [2.75, 3.05) is 31.1 Å². The zero-order valence-electron chi connectivity index (χ0n) is 15.8. The Morgan fingerprint density at radius 1 is 1.35 bits per heavy atom. The van der Waals surface area contributed by atoms with Gasteiger partial charge in [0.25, 0.3) is 0 Å². The zero-order valence-corrected chi connectivity index (χ0v) is 15.8. The molecule has 0 spiro atoms. The van der Waals surface area contributed by atoms with Gasteiger partial charge in [0.1, 0.15) is 0 Å². The second-order valence-corrected chi connectivity index (χ2v) is 7.67. The molecule has 3 rings (SSSR count). The highest BCUT2D eigenvalue weighted by Crippen LogP contribution is 2.28. The Bertz CT molecular complexity index is 625. The first-order valence-electron chi connectivity index (χ1n) is 10.0. The number of hydrogen-bond donors (Lipinski definition) is 2. The van der Waals surface area contributed by atoms with E-state index in [0.29, 0.717) is 37.6 Å². The molecule has 1 aromatic carbocycles. The summed E-state index contributed by atoms with van der Waals surface area (Å²) in [4.78, 5) is 26.5. The van der Waals surface area contributed by atoms with E-state index >= 15 is 0 Å². The average Bonchev–Trinajstić information content (AvgIpc) is 3.10. The first-order chi connectivity index (χ1) is 12.6. The molecule has 26 heavy (non-hydrogen) atoms. The van der Waals surface area contributed by atoms with Gasteiger partial charge in [0, 0.05) is 31.6 Å². The molecule has 2 unspecified atom stereocenters. The van der Waals surface area contributed by atoms with E-state index in [1.54, 1.807) is 0 Å². The molecule has 2 heterocycles. The van der Waals surface area contributed by atoms with Crippen LogP contribution in [0.4, 0.5) is 5.69 Å². The maximum Gasteiger partial charge on any atom is 0.227 e. The van der Waals surface area contributed by atoms with Gasteiger partial charge in [-0.1, -0.05) is 25.1 Å². The van der Waals surface area contributed by atoms with Crippen LogP contribution in [0.25, 0.3) is 0 Å². The van der Waals surface area contributed by atoms with Crippen molar-refractivity contribution < 1.29 is 9.59 Å². The van der Waals surface area contributed by atoms with Gasteiger partial charge in [-0.15, -0.1) is 0 Å². The third-order valence-corrected chi connectivity index (χ3v) is 5.72. The predicted molar refractivity (Wildman–Crippen MR) is 104 cm³/mol. The lowest BCUT2D eigenvalue weighted by molar-refractivity contribution is -0.123. The van der Waals surface area contributed by atoms with Crippen molar-refractivity contribution in [1.29, 1.82) is 0 Å². The van der Waals surface area contributed by atoms with Gasteiger partial charge in [-0.25, -0.2) is 0 Å². The topological polar surface area (TPSA) is 61.4 Å². The maximum absolute atomic E-state index is 12.4. The van der Waals surface area contributed by atoms with Crippen molar-refractivity contribution >= 4 is 17.5 Å². The molecule has 0 bridgehead atoms. The molecular weight excluding hydrogens is 326 g/mol. The number of nitrogens with zero attached hydrogens (tertiary/aromatic N) is 1. The van der Waals surface area contributed by atoms with Gasteiger partial charge in [-0.2, -0.15) is 0 Å². The third-order valence-electron chi connectivity index (χ3n) is 5.72. The molecule has 1 saturated heterocycles. The smallest absolute Gasteiger partial charge is 0.227 e. The summed E-state index contributed by atoms with van der Waals surface area (Å²) in [6.07, 6.45) is 5.12. The lowest BCUT2D eigenvalue weighted by atomic mass is 9.85. The number of nitrogens with one attached hydrogen (secondary N) is 2. The number of carbonyl (C=O) groups is 2. The van der Waals surface area contributed by atoms with E-state index in [1.165, 1.54) is 18.4 Å². The highest BCUT2D eigenvalue weighted by molar-refractivity contribution is 5.95. The largest absolute Gasteiger partial charge is 0.356 e. The molecule has 142 valence electrons. The van der Waals surface area contributed by atoms with E-state index in [0.717, 1.165) is 31.7 Å². The average molecular weight is 357 g/mol. The van der Waals surface area contributed by atoms with Crippen LogP contribution in [0.15, 0.2) is 24.3 Å². The Hall–Kier alpha value is -1.88. The van der Waals surface area contributed by atoms with E-state index in [9.17, 15) is 9.59 Å². The Labute approximate surface area is 156 Å². The summed E-state index contributed by atoms with van der Waals surface area (Å²) < 4.78 is 0. The number of rotatable bonds is 7. The van der Waals surface area contributed by atoms with Gasteiger partial charge >= 0.3 is 0 Å². The summed E-state index contributed by atoms with van der Waals surface area (Å²) in [6, 6.07) is 8.11. The molecule has 0 aliphatic carbocycles. The van der Waals surface area contributed by atoms with Crippen molar-refractivity contribution in [2.45, 2.75) is 45.4 Å². The molecule has 2 aliphatic heterocycles. The second-order valence-electron chi connectivity index (χ2n) is 7.67.